The van der Waals surface area contributed by atoms with Crippen molar-refractivity contribution >= 4 is 27.3 Å². The zero-order valence-electron chi connectivity index (χ0n) is 10.9. The molecule has 0 saturated heterocycles. The van der Waals surface area contributed by atoms with Crippen molar-refractivity contribution in [1.29, 1.82) is 0 Å². The van der Waals surface area contributed by atoms with Crippen LogP contribution < -0.4 is 5.32 Å². The summed E-state index contributed by atoms with van der Waals surface area (Å²) in [5.41, 5.74) is 0.673. The molecule has 0 bridgehead atoms. The molecule has 102 valence electrons. The molecule has 1 aromatic heterocycles. The fourth-order valence-corrected chi connectivity index (χ4v) is 3.15. The zero-order valence-corrected chi connectivity index (χ0v) is 11.7. The SMILES string of the molecule is Cc1c(C(=O)NC(C)CCO)sc2cccc(F)c12. The molecular formula is C14H16FNO2S. The monoisotopic (exact) mass is 281 g/mol. The van der Waals surface area contributed by atoms with Gasteiger partial charge in [0.25, 0.3) is 5.91 Å². The molecule has 1 aromatic carbocycles. The summed E-state index contributed by atoms with van der Waals surface area (Å²) in [5, 5.41) is 12.2. The maximum absolute atomic E-state index is 13.7. The maximum Gasteiger partial charge on any atom is 0.261 e. The number of nitrogens with one attached hydrogen (secondary N) is 1. The van der Waals surface area contributed by atoms with Crippen LogP contribution >= 0.6 is 11.3 Å². The Morgan fingerprint density at radius 3 is 2.89 bits per heavy atom. The van der Waals surface area contributed by atoms with Gasteiger partial charge in [0.1, 0.15) is 5.82 Å². The summed E-state index contributed by atoms with van der Waals surface area (Å²) in [6.07, 6.45) is 0.504. The van der Waals surface area contributed by atoms with Crippen molar-refractivity contribution < 1.29 is 14.3 Å². The summed E-state index contributed by atoms with van der Waals surface area (Å²) in [6, 6.07) is 4.75. The Hall–Kier alpha value is -1.46. The van der Waals surface area contributed by atoms with Gasteiger partial charge in [0.15, 0.2) is 0 Å². The topological polar surface area (TPSA) is 49.3 Å². The minimum atomic E-state index is -0.297. The number of carbonyl (C=O) groups excluding carboxylic acids is 1. The normalized spacial score (nSPS) is 12.6. The molecule has 5 heteroatoms. The molecule has 1 heterocycles. The third kappa shape index (κ3) is 2.77. The van der Waals surface area contributed by atoms with Crippen molar-refractivity contribution in [2.45, 2.75) is 26.3 Å². The number of hydrogen-bond acceptors (Lipinski definition) is 3. The number of aliphatic hydroxyl groups excluding tert-OH is 1. The molecule has 0 spiro atoms. The molecule has 3 nitrogen and oxygen atoms in total. The van der Waals surface area contributed by atoms with Crippen LogP contribution in [0.15, 0.2) is 18.2 Å². The van der Waals surface area contributed by atoms with Gasteiger partial charge in [-0.05, 0) is 38.0 Å². The molecule has 0 radical (unpaired) electrons. The van der Waals surface area contributed by atoms with E-state index in [2.05, 4.69) is 5.32 Å². The van der Waals surface area contributed by atoms with Gasteiger partial charge in [-0.3, -0.25) is 4.79 Å². The van der Waals surface area contributed by atoms with Gasteiger partial charge in [0.2, 0.25) is 0 Å². The van der Waals surface area contributed by atoms with E-state index in [1.54, 1.807) is 13.0 Å². The van der Waals surface area contributed by atoms with Gasteiger partial charge in [-0.15, -0.1) is 11.3 Å². The summed E-state index contributed by atoms with van der Waals surface area (Å²) in [7, 11) is 0. The lowest BCUT2D eigenvalue weighted by molar-refractivity contribution is 0.0938. The zero-order chi connectivity index (χ0) is 14.0. The molecule has 0 saturated carbocycles. The third-order valence-corrected chi connectivity index (χ3v) is 4.30. The Morgan fingerprint density at radius 2 is 2.26 bits per heavy atom. The van der Waals surface area contributed by atoms with E-state index in [-0.39, 0.29) is 24.4 Å². The van der Waals surface area contributed by atoms with E-state index in [0.29, 0.717) is 22.2 Å². The first kappa shape index (κ1) is 14.0. The Kier molecular flexibility index (Phi) is 4.17. The van der Waals surface area contributed by atoms with Crippen LogP contribution in [0.3, 0.4) is 0 Å². The number of amides is 1. The molecule has 2 rings (SSSR count). The molecule has 1 unspecified atom stereocenters. The highest BCUT2D eigenvalue weighted by atomic mass is 32.1. The number of fused-ring (bicyclic) bond motifs is 1. The number of benzene rings is 1. The summed E-state index contributed by atoms with van der Waals surface area (Å²) < 4.78 is 14.5. The summed E-state index contributed by atoms with van der Waals surface area (Å²) in [4.78, 5) is 12.7. The Balaban J connectivity index is 2.33. The van der Waals surface area contributed by atoms with Crippen molar-refractivity contribution in [3.63, 3.8) is 0 Å². The quantitative estimate of drug-likeness (QED) is 0.905. The predicted molar refractivity (Wildman–Crippen MR) is 75.2 cm³/mol. The Bertz CT molecular complexity index is 609. The van der Waals surface area contributed by atoms with Crippen molar-refractivity contribution in [2.24, 2.45) is 0 Å². The van der Waals surface area contributed by atoms with Crippen molar-refractivity contribution in [1.82, 2.24) is 5.32 Å². The van der Waals surface area contributed by atoms with E-state index in [4.69, 9.17) is 5.11 Å². The van der Waals surface area contributed by atoms with Crippen LogP contribution in [0.5, 0.6) is 0 Å². The van der Waals surface area contributed by atoms with Crippen molar-refractivity contribution in [2.75, 3.05) is 6.61 Å². The molecule has 0 aliphatic heterocycles. The predicted octanol–water partition coefficient (Wildman–Crippen LogP) is 2.85. The second-order valence-electron chi connectivity index (χ2n) is 4.56. The van der Waals surface area contributed by atoms with E-state index in [9.17, 15) is 9.18 Å². The number of aryl methyl sites for hydroxylation is 1. The third-order valence-electron chi connectivity index (χ3n) is 3.05. The lowest BCUT2D eigenvalue weighted by atomic mass is 10.1. The van der Waals surface area contributed by atoms with Crippen LogP contribution in [0.2, 0.25) is 0 Å². The van der Waals surface area contributed by atoms with Crippen molar-refractivity contribution in [3.8, 4) is 0 Å². The van der Waals surface area contributed by atoms with Gasteiger partial charge >= 0.3 is 0 Å². The number of carbonyl (C=O) groups is 1. The van der Waals surface area contributed by atoms with Gasteiger partial charge in [-0.1, -0.05) is 6.07 Å². The smallest absolute Gasteiger partial charge is 0.261 e. The van der Waals surface area contributed by atoms with Crippen LogP contribution in [0, 0.1) is 12.7 Å². The van der Waals surface area contributed by atoms with Crippen LogP contribution in [-0.2, 0) is 0 Å². The molecule has 19 heavy (non-hydrogen) atoms. The average Bonchev–Trinajstić information content (AvgIpc) is 2.68. The van der Waals surface area contributed by atoms with Crippen LogP contribution in [-0.4, -0.2) is 23.7 Å². The first-order valence-corrected chi connectivity index (χ1v) is 6.95. The standard InChI is InChI=1S/C14H16FNO2S/c1-8(6-7-17)16-14(18)13-9(2)12-10(15)4-3-5-11(12)19-13/h3-5,8,17H,6-7H2,1-2H3,(H,16,18). The fraction of sp³-hybridized carbons (Fsp3) is 0.357. The van der Waals surface area contributed by atoms with Crippen molar-refractivity contribution in [3.05, 3.63) is 34.5 Å². The van der Waals surface area contributed by atoms with Crippen LogP contribution in [0.4, 0.5) is 4.39 Å². The number of aliphatic hydroxyl groups is 1. The summed E-state index contributed by atoms with van der Waals surface area (Å²) in [6.45, 7) is 3.62. The Morgan fingerprint density at radius 1 is 1.53 bits per heavy atom. The van der Waals surface area contributed by atoms with E-state index >= 15 is 0 Å². The molecule has 0 fully saturated rings. The highest BCUT2D eigenvalue weighted by Crippen LogP contribution is 2.32. The minimum absolute atomic E-state index is 0.0292. The van der Waals surface area contributed by atoms with E-state index < -0.39 is 0 Å². The molecule has 1 atom stereocenters. The van der Waals surface area contributed by atoms with Gasteiger partial charge in [0, 0.05) is 22.7 Å². The van der Waals surface area contributed by atoms with Gasteiger partial charge in [-0.2, -0.15) is 0 Å². The second-order valence-corrected chi connectivity index (χ2v) is 5.61. The number of hydrogen-bond donors (Lipinski definition) is 2. The molecule has 1 amide bonds. The summed E-state index contributed by atoms with van der Waals surface area (Å²) >= 11 is 1.29. The highest BCUT2D eigenvalue weighted by Gasteiger charge is 2.18. The molecule has 0 aliphatic carbocycles. The first-order valence-electron chi connectivity index (χ1n) is 6.14. The average molecular weight is 281 g/mol. The lowest BCUT2D eigenvalue weighted by Gasteiger charge is -2.11. The molecule has 0 aliphatic rings. The number of rotatable bonds is 4. The van der Waals surface area contributed by atoms with Crippen LogP contribution in [0.25, 0.3) is 10.1 Å². The maximum atomic E-state index is 13.7. The van der Waals surface area contributed by atoms with Gasteiger partial charge in [0.05, 0.1) is 4.88 Å². The summed E-state index contributed by atoms with van der Waals surface area (Å²) in [5.74, 6) is -0.507. The largest absolute Gasteiger partial charge is 0.396 e. The molecular weight excluding hydrogens is 265 g/mol. The number of thiophene rings is 1. The fourth-order valence-electron chi connectivity index (χ4n) is 2.03. The second kappa shape index (κ2) is 5.67. The van der Waals surface area contributed by atoms with Gasteiger partial charge in [-0.25, -0.2) is 4.39 Å². The first-order chi connectivity index (χ1) is 9.04. The van der Waals surface area contributed by atoms with E-state index in [1.165, 1.54) is 17.4 Å². The lowest BCUT2D eigenvalue weighted by Crippen LogP contribution is -2.33. The Labute approximate surface area is 115 Å². The van der Waals surface area contributed by atoms with Crippen LogP contribution in [0.1, 0.15) is 28.6 Å². The van der Waals surface area contributed by atoms with E-state index in [0.717, 1.165) is 4.70 Å². The number of halogens is 1. The van der Waals surface area contributed by atoms with Gasteiger partial charge < -0.3 is 10.4 Å². The molecule has 2 aromatic rings. The highest BCUT2D eigenvalue weighted by molar-refractivity contribution is 7.21. The van der Waals surface area contributed by atoms with E-state index in [1.807, 2.05) is 13.0 Å². The molecule has 2 N–H and O–H groups in total. The minimum Gasteiger partial charge on any atom is -0.396 e.